The Morgan fingerprint density at radius 2 is 2.09 bits per heavy atom. The second-order valence-corrected chi connectivity index (χ2v) is 5.55. The van der Waals surface area contributed by atoms with Crippen LogP contribution in [-0.4, -0.2) is 32.2 Å². The number of aromatic nitrogens is 3. The zero-order valence-electron chi connectivity index (χ0n) is 12.4. The summed E-state index contributed by atoms with van der Waals surface area (Å²) in [4.78, 5) is 12.2. The van der Waals surface area contributed by atoms with Crippen molar-refractivity contribution in [1.29, 1.82) is 0 Å². The Hall–Kier alpha value is -2.44. The molecule has 1 atom stereocenters. The number of aliphatic hydroxyl groups is 1. The summed E-state index contributed by atoms with van der Waals surface area (Å²) in [6.07, 6.45) is 0.801. The third-order valence-electron chi connectivity index (χ3n) is 3.56. The van der Waals surface area contributed by atoms with E-state index in [0.717, 1.165) is 0 Å². The summed E-state index contributed by atoms with van der Waals surface area (Å²) < 4.78 is 1.74. The summed E-state index contributed by atoms with van der Waals surface area (Å²) in [7, 11) is 0. The summed E-state index contributed by atoms with van der Waals surface area (Å²) in [5.74, 6) is 0.414. The predicted octanol–water partition coefficient (Wildman–Crippen LogP) is 2.15. The van der Waals surface area contributed by atoms with Gasteiger partial charge in [-0.2, -0.15) is 0 Å². The lowest BCUT2D eigenvalue weighted by atomic mass is 10.1. The van der Waals surface area contributed by atoms with Crippen molar-refractivity contribution in [3.8, 4) is 0 Å². The van der Waals surface area contributed by atoms with Gasteiger partial charge in [0.25, 0.3) is 5.91 Å². The molecule has 0 aliphatic heterocycles. The summed E-state index contributed by atoms with van der Waals surface area (Å²) in [5.41, 5.74) is 1.72. The van der Waals surface area contributed by atoms with E-state index >= 15 is 0 Å². The van der Waals surface area contributed by atoms with E-state index in [1.54, 1.807) is 47.0 Å². The van der Waals surface area contributed by atoms with Crippen LogP contribution in [0.2, 0.25) is 5.02 Å². The van der Waals surface area contributed by atoms with Crippen molar-refractivity contribution in [2.75, 3.05) is 6.54 Å². The van der Waals surface area contributed by atoms with E-state index in [2.05, 4.69) is 15.5 Å². The van der Waals surface area contributed by atoms with Gasteiger partial charge in [-0.3, -0.25) is 9.20 Å². The average molecular weight is 331 g/mol. The lowest BCUT2D eigenvalue weighted by Crippen LogP contribution is -2.28. The summed E-state index contributed by atoms with van der Waals surface area (Å²) in [5, 5.41) is 21.2. The summed E-state index contributed by atoms with van der Waals surface area (Å²) >= 11 is 6.03. The first-order chi connectivity index (χ1) is 11.1. The smallest absolute Gasteiger partial charge is 0.252 e. The van der Waals surface area contributed by atoms with Gasteiger partial charge in [0, 0.05) is 23.3 Å². The van der Waals surface area contributed by atoms with Gasteiger partial charge in [-0.05, 0) is 25.1 Å². The third kappa shape index (κ3) is 3.18. The van der Waals surface area contributed by atoms with E-state index in [4.69, 9.17) is 11.6 Å². The molecular formula is C16H15ClN4O2. The maximum absolute atomic E-state index is 12.2. The normalized spacial score (nSPS) is 12.3. The van der Waals surface area contributed by atoms with Crippen molar-refractivity contribution in [3.05, 3.63) is 64.6 Å². The van der Waals surface area contributed by atoms with Gasteiger partial charge in [-0.1, -0.05) is 29.8 Å². The van der Waals surface area contributed by atoms with Crippen molar-refractivity contribution in [3.63, 3.8) is 0 Å². The molecule has 3 rings (SSSR count). The highest BCUT2D eigenvalue weighted by Gasteiger charge is 2.14. The van der Waals surface area contributed by atoms with Crippen LogP contribution in [0.4, 0.5) is 0 Å². The first-order valence-electron chi connectivity index (χ1n) is 7.08. The Morgan fingerprint density at radius 1 is 1.30 bits per heavy atom. The molecule has 0 saturated carbocycles. The molecule has 2 aromatic heterocycles. The molecule has 0 aliphatic carbocycles. The molecule has 7 heteroatoms. The number of rotatable bonds is 4. The molecule has 0 aliphatic rings. The molecular weight excluding hydrogens is 316 g/mol. The maximum Gasteiger partial charge on any atom is 0.252 e. The molecule has 0 spiro atoms. The van der Waals surface area contributed by atoms with E-state index in [-0.39, 0.29) is 12.5 Å². The van der Waals surface area contributed by atoms with E-state index in [0.29, 0.717) is 27.6 Å². The molecule has 0 bridgehead atoms. The van der Waals surface area contributed by atoms with Crippen LogP contribution in [0.3, 0.4) is 0 Å². The number of hydrogen-bond acceptors (Lipinski definition) is 4. The number of amides is 1. The van der Waals surface area contributed by atoms with Crippen LogP contribution < -0.4 is 5.32 Å². The van der Waals surface area contributed by atoms with Crippen LogP contribution in [-0.2, 0) is 0 Å². The van der Waals surface area contributed by atoms with Gasteiger partial charge in [-0.15, -0.1) is 10.2 Å². The minimum Gasteiger partial charge on any atom is -0.387 e. The Balaban J connectivity index is 1.71. The number of nitrogens with one attached hydrogen (secondary N) is 1. The third-order valence-corrected chi connectivity index (χ3v) is 3.90. The number of carbonyl (C=O) groups excluding carboxylic acids is 1. The summed E-state index contributed by atoms with van der Waals surface area (Å²) in [6, 6.07) is 10.4. The van der Waals surface area contributed by atoms with Crippen LogP contribution in [0.15, 0.2) is 42.6 Å². The van der Waals surface area contributed by atoms with Gasteiger partial charge in [-0.25, -0.2) is 0 Å². The molecule has 0 radical (unpaired) electrons. The van der Waals surface area contributed by atoms with Gasteiger partial charge in [0.15, 0.2) is 5.65 Å². The Morgan fingerprint density at radius 3 is 2.87 bits per heavy atom. The van der Waals surface area contributed by atoms with Crippen LogP contribution in [0, 0.1) is 6.92 Å². The highest BCUT2D eigenvalue weighted by Crippen LogP contribution is 2.21. The Bertz CT molecular complexity index is 862. The fraction of sp³-hybridized carbons (Fsp3) is 0.188. The van der Waals surface area contributed by atoms with Gasteiger partial charge in [0.1, 0.15) is 5.82 Å². The lowest BCUT2D eigenvalue weighted by molar-refractivity contribution is 0.0916. The van der Waals surface area contributed by atoms with E-state index in [1.807, 2.05) is 6.92 Å². The second kappa shape index (κ2) is 6.36. The van der Waals surface area contributed by atoms with Crippen molar-refractivity contribution in [2.45, 2.75) is 13.0 Å². The number of benzene rings is 1. The number of fused-ring (bicyclic) bond motifs is 1. The number of aliphatic hydroxyl groups excluding tert-OH is 1. The molecule has 6 nitrogen and oxygen atoms in total. The number of halogens is 1. The molecule has 1 amide bonds. The largest absolute Gasteiger partial charge is 0.387 e. The van der Waals surface area contributed by atoms with Crippen molar-refractivity contribution >= 4 is 23.2 Å². The lowest BCUT2D eigenvalue weighted by Gasteiger charge is -2.13. The Labute approximate surface area is 137 Å². The zero-order valence-corrected chi connectivity index (χ0v) is 13.2. The molecule has 23 heavy (non-hydrogen) atoms. The maximum atomic E-state index is 12.2. The van der Waals surface area contributed by atoms with E-state index in [9.17, 15) is 9.90 Å². The quantitative estimate of drug-likeness (QED) is 0.768. The van der Waals surface area contributed by atoms with Crippen LogP contribution in [0.5, 0.6) is 0 Å². The molecule has 3 aromatic rings. The number of aryl methyl sites for hydroxylation is 1. The molecule has 118 valence electrons. The van der Waals surface area contributed by atoms with Gasteiger partial charge >= 0.3 is 0 Å². The second-order valence-electron chi connectivity index (χ2n) is 5.14. The number of carbonyl (C=O) groups is 1. The van der Waals surface area contributed by atoms with Gasteiger partial charge < -0.3 is 10.4 Å². The summed E-state index contributed by atoms with van der Waals surface area (Å²) in [6.45, 7) is 1.88. The minimum absolute atomic E-state index is 0.0712. The molecule has 2 N–H and O–H groups in total. The molecule has 1 aromatic carbocycles. The standard InChI is InChI=1S/C16H15ClN4O2/c1-10-19-20-15-7-6-11(9-21(10)15)16(23)18-8-14(22)12-4-2-3-5-13(12)17/h2-7,9,14,22H,8H2,1H3,(H,18,23). The van der Waals surface area contributed by atoms with E-state index < -0.39 is 6.10 Å². The van der Waals surface area contributed by atoms with Crippen molar-refractivity contribution < 1.29 is 9.90 Å². The average Bonchev–Trinajstić information content (AvgIpc) is 2.93. The predicted molar refractivity (Wildman–Crippen MR) is 86.5 cm³/mol. The van der Waals surface area contributed by atoms with Crippen LogP contribution in [0.1, 0.15) is 27.8 Å². The van der Waals surface area contributed by atoms with Gasteiger partial charge in [0.2, 0.25) is 0 Å². The monoisotopic (exact) mass is 330 g/mol. The number of hydrogen-bond donors (Lipinski definition) is 2. The Kier molecular flexibility index (Phi) is 4.27. The molecule has 0 fully saturated rings. The highest BCUT2D eigenvalue weighted by atomic mass is 35.5. The first kappa shape index (κ1) is 15.5. The zero-order chi connectivity index (χ0) is 16.4. The molecule has 1 unspecified atom stereocenters. The van der Waals surface area contributed by atoms with Crippen LogP contribution >= 0.6 is 11.6 Å². The SMILES string of the molecule is Cc1nnc2ccc(C(=O)NCC(O)c3ccccc3Cl)cn12. The van der Waals surface area contributed by atoms with Gasteiger partial charge in [0.05, 0.1) is 11.7 Å². The minimum atomic E-state index is -0.868. The topological polar surface area (TPSA) is 79.5 Å². The molecule has 0 saturated heterocycles. The van der Waals surface area contributed by atoms with Crippen molar-refractivity contribution in [2.24, 2.45) is 0 Å². The molecule has 2 heterocycles. The fourth-order valence-electron chi connectivity index (χ4n) is 2.29. The van der Waals surface area contributed by atoms with Crippen molar-refractivity contribution in [1.82, 2.24) is 19.9 Å². The highest BCUT2D eigenvalue weighted by molar-refractivity contribution is 6.31. The number of nitrogens with zero attached hydrogens (tertiary/aromatic N) is 3. The fourth-order valence-corrected chi connectivity index (χ4v) is 2.55. The number of pyridine rings is 1. The first-order valence-corrected chi connectivity index (χ1v) is 7.46. The van der Waals surface area contributed by atoms with Crippen LogP contribution in [0.25, 0.3) is 5.65 Å². The van der Waals surface area contributed by atoms with E-state index in [1.165, 1.54) is 0 Å².